The second-order valence-electron chi connectivity index (χ2n) is 8.00. The SMILES string of the molecule is C=CC(=O)NCCCCCc1nc2ccccc2n1CCCOc1cc(C)cc(C)c1. The molecule has 3 aromatic rings. The van der Waals surface area contributed by atoms with Gasteiger partial charge in [0.2, 0.25) is 5.91 Å². The Hall–Kier alpha value is -3.08. The van der Waals surface area contributed by atoms with E-state index in [9.17, 15) is 4.79 Å². The lowest BCUT2D eigenvalue weighted by atomic mass is 10.1. The third-order valence-electron chi connectivity index (χ3n) is 5.29. The van der Waals surface area contributed by atoms with E-state index in [1.807, 2.05) is 6.07 Å². The fourth-order valence-electron chi connectivity index (χ4n) is 3.86. The highest BCUT2D eigenvalue weighted by Crippen LogP contribution is 2.19. The number of amides is 1. The predicted octanol–water partition coefficient (Wildman–Crippen LogP) is 5.14. The predicted molar refractivity (Wildman–Crippen MR) is 127 cm³/mol. The maximum absolute atomic E-state index is 11.2. The molecule has 1 N–H and O–H groups in total. The number of aromatic nitrogens is 2. The van der Waals surface area contributed by atoms with E-state index in [1.165, 1.54) is 22.7 Å². The Morgan fingerprint density at radius 1 is 1.10 bits per heavy atom. The molecule has 0 fully saturated rings. The van der Waals surface area contributed by atoms with Crippen LogP contribution in [0.5, 0.6) is 5.75 Å². The first-order valence-electron chi connectivity index (χ1n) is 11.1. The van der Waals surface area contributed by atoms with Crippen LogP contribution in [0.2, 0.25) is 0 Å². The number of hydrogen-bond donors (Lipinski definition) is 1. The number of carbonyl (C=O) groups excluding carboxylic acids is 1. The summed E-state index contributed by atoms with van der Waals surface area (Å²) in [5.74, 6) is 1.96. The Morgan fingerprint density at radius 3 is 2.65 bits per heavy atom. The zero-order chi connectivity index (χ0) is 22.1. The largest absolute Gasteiger partial charge is 0.494 e. The summed E-state index contributed by atoms with van der Waals surface area (Å²) in [6.07, 6.45) is 6.23. The number of para-hydroxylation sites is 2. The minimum atomic E-state index is -0.107. The highest BCUT2D eigenvalue weighted by Gasteiger charge is 2.10. The topological polar surface area (TPSA) is 56.2 Å². The Morgan fingerprint density at radius 2 is 1.87 bits per heavy atom. The average molecular weight is 420 g/mol. The lowest BCUT2D eigenvalue weighted by Crippen LogP contribution is -2.21. The van der Waals surface area contributed by atoms with Gasteiger partial charge in [-0.1, -0.05) is 31.2 Å². The van der Waals surface area contributed by atoms with Crippen molar-refractivity contribution in [3.05, 3.63) is 72.1 Å². The third-order valence-corrected chi connectivity index (χ3v) is 5.29. The van der Waals surface area contributed by atoms with Crippen LogP contribution in [0.4, 0.5) is 0 Å². The van der Waals surface area contributed by atoms with Gasteiger partial charge in [-0.15, -0.1) is 0 Å². The van der Waals surface area contributed by atoms with Gasteiger partial charge in [0.15, 0.2) is 0 Å². The lowest BCUT2D eigenvalue weighted by Gasteiger charge is -2.11. The highest BCUT2D eigenvalue weighted by atomic mass is 16.5. The highest BCUT2D eigenvalue weighted by molar-refractivity contribution is 5.86. The molecule has 164 valence electrons. The van der Waals surface area contributed by atoms with Crippen molar-refractivity contribution >= 4 is 16.9 Å². The maximum Gasteiger partial charge on any atom is 0.243 e. The number of imidazole rings is 1. The van der Waals surface area contributed by atoms with Crippen LogP contribution in [0.3, 0.4) is 0 Å². The van der Waals surface area contributed by atoms with Gasteiger partial charge in [0, 0.05) is 19.5 Å². The minimum absolute atomic E-state index is 0.107. The molecule has 1 heterocycles. The number of nitrogens with one attached hydrogen (secondary N) is 1. The first-order valence-corrected chi connectivity index (χ1v) is 11.1. The number of hydrogen-bond acceptors (Lipinski definition) is 3. The number of fused-ring (bicyclic) bond motifs is 1. The van der Waals surface area contributed by atoms with Crippen molar-refractivity contribution in [2.75, 3.05) is 13.2 Å². The number of benzene rings is 2. The first kappa shape index (κ1) is 22.6. The molecule has 0 aliphatic heterocycles. The van der Waals surface area contributed by atoms with Gasteiger partial charge in [-0.3, -0.25) is 4.79 Å². The van der Waals surface area contributed by atoms with Crippen LogP contribution >= 0.6 is 0 Å². The number of aryl methyl sites for hydroxylation is 4. The molecule has 5 heteroatoms. The number of ether oxygens (including phenoxy) is 1. The van der Waals surface area contributed by atoms with Gasteiger partial charge in [-0.05, 0) is 74.6 Å². The van der Waals surface area contributed by atoms with Crippen LogP contribution in [-0.4, -0.2) is 28.6 Å². The molecule has 1 aromatic heterocycles. The van der Waals surface area contributed by atoms with E-state index < -0.39 is 0 Å². The monoisotopic (exact) mass is 419 g/mol. The third kappa shape index (κ3) is 6.71. The summed E-state index contributed by atoms with van der Waals surface area (Å²) in [5.41, 5.74) is 4.68. The van der Waals surface area contributed by atoms with Gasteiger partial charge >= 0.3 is 0 Å². The lowest BCUT2D eigenvalue weighted by molar-refractivity contribution is -0.116. The van der Waals surface area contributed by atoms with Crippen molar-refractivity contribution in [2.24, 2.45) is 0 Å². The molecule has 5 nitrogen and oxygen atoms in total. The molecule has 0 atom stereocenters. The van der Waals surface area contributed by atoms with Gasteiger partial charge in [-0.25, -0.2) is 4.98 Å². The van der Waals surface area contributed by atoms with Crippen LogP contribution < -0.4 is 10.1 Å². The fraction of sp³-hybridized carbons (Fsp3) is 0.385. The van der Waals surface area contributed by atoms with Gasteiger partial charge in [-0.2, -0.15) is 0 Å². The summed E-state index contributed by atoms with van der Waals surface area (Å²) < 4.78 is 8.33. The summed E-state index contributed by atoms with van der Waals surface area (Å²) in [4.78, 5) is 16.1. The minimum Gasteiger partial charge on any atom is -0.494 e. The molecule has 0 unspecified atom stereocenters. The van der Waals surface area contributed by atoms with E-state index in [0.717, 1.165) is 55.7 Å². The summed E-state index contributed by atoms with van der Waals surface area (Å²) in [6, 6.07) is 14.6. The van der Waals surface area contributed by atoms with Gasteiger partial charge in [0.1, 0.15) is 11.6 Å². The van der Waals surface area contributed by atoms with Gasteiger partial charge in [0.25, 0.3) is 0 Å². The summed E-state index contributed by atoms with van der Waals surface area (Å²) in [5, 5.41) is 2.83. The molecular formula is C26H33N3O2. The first-order chi connectivity index (χ1) is 15.1. The van der Waals surface area contributed by atoms with Gasteiger partial charge < -0.3 is 14.6 Å². The smallest absolute Gasteiger partial charge is 0.243 e. The van der Waals surface area contributed by atoms with E-state index in [-0.39, 0.29) is 5.91 Å². The molecule has 0 radical (unpaired) electrons. The Kier molecular flexibility index (Phi) is 8.27. The molecule has 0 saturated heterocycles. The van der Waals surface area contributed by atoms with Crippen molar-refractivity contribution in [3.8, 4) is 5.75 Å². The standard InChI is InChI=1S/C26H33N3O2/c1-4-26(30)27-14-9-5-6-13-25-28-23-11-7-8-12-24(23)29(25)15-10-16-31-22-18-20(2)17-21(3)19-22/h4,7-8,11-12,17-19H,1,5-6,9-10,13-16H2,2-3H3,(H,27,30). The summed E-state index contributed by atoms with van der Waals surface area (Å²) in [7, 11) is 0. The zero-order valence-corrected chi connectivity index (χ0v) is 18.7. The molecule has 31 heavy (non-hydrogen) atoms. The average Bonchev–Trinajstić information content (AvgIpc) is 3.10. The van der Waals surface area contributed by atoms with Crippen LogP contribution in [0.1, 0.15) is 42.6 Å². The van der Waals surface area contributed by atoms with Crippen molar-refractivity contribution in [1.29, 1.82) is 0 Å². The molecule has 0 aliphatic rings. The van der Waals surface area contributed by atoms with E-state index in [2.05, 4.69) is 66.7 Å². The maximum atomic E-state index is 11.2. The quantitative estimate of drug-likeness (QED) is 0.327. The fourth-order valence-corrected chi connectivity index (χ4v) is 3.86. The number of carbonyl (C=O) groups is 1. The molecule has 0 bridgehead atoms. The Labute approximate surface area is 185 Å². The van der Waals surface area contributed by atoms with Crippen molar-refractivity contribution in [2.45, 2.75) is 52.5 Å². The molecule has 1 amide bonds. The van der Waals surface area contributed by atoms with E-state index >= 15 is 0 Å². The number of unbranched alkanes of at least 4 members (excludes halogenated alkanes) is 2. The summed E-state index contributed by atoms with van der Waals surface area (Å²) >= 11 is 0. The summed E-state index contributed by atoms with van der Waals surface area (Å²) in [6.45, 7) is 9.91. The zero-order valence-electron chi connectivity index (χ0n) is 18.7. The molecule has 0 spiro atoms. The number of nitrogens with zero attached hydrogens (tertiary/aromatic N) is 2. The second kappa shape index (κ2) is 11.3. The van der Waals surface area contributed by atoms with Crippen LogP contribution in [0.25, 0.3) is 11.0 Å². The van der Waals surface area contributed by atoms with E-state index in [4.69, 9.17) is 9.72 Å². The van der Waals surface area contributed by atoms with Crippen molar-refractivity contribution in [3.63, 3.8) is 0 Å². The number of rotatable bonds is 12. The normalized spacial score (nSPS) is 10.9. The Bertz CT molecular complexity index is 1000. The van der Waals surface area contributed by atoms with Crippen molar-refractivity contribution < 1.29 is 9.53 Å². The molecule has 3 rings (SSSR count). The Balaban J connectivity index is 1.53. The van der Waals surface area contributed by atoms with E-state index in [1.54, 1.807) is 0 Å². The molecule has 0 aliphatic carbocycles. The van der Waals surface area contributed by atoms with Crippen molar-refractivity contribution in [1.82, 2.24) is 14.9 Å². The molecular weight excluding hydrogens is 386 g/mol. The van der Waals surface area contributed by atoms with E-state index in [0.29, 0.717) is 13.2 Å². The molecule has 2 aromatic carbocycles. The van der Waals surface area contributed by atoms with Crippen LogP contribution in [0.15, 0.2) is 55.1 Å². The van der Waals surface area contributed by atoms with Crippen LogP contribution in [-0.2, 0) is 17.8 Å². The van der Waals surface area contributed by atoms with Crippen LogP contribution in [0, 0.1) is 13.8 Å². The van der Waals surface area contributed by atoms with Gasteiger partial charge in [0.05, 0.1) is 17.6 Å². The molecule has 0 saturated carbocycles. The second-order valence-corrected chi connectivity index (χ2v) is 8.00.